The minimum atomic E-state index is -0.666. The van der Waals surface area contributed by atoms with E-state index in [-0.39, 0.29) is 16.9 Å². The standard InChI is InChI=1S/C30H26N10O2/c1-18-10-14-40-28(35-18)25(26(31)38-40)29(41)36-19(2)27-37-23-7-3-6-21(9-8-20-5-4-12-32-15-20)24(23)30(42)39(27)13-11-22-16-33-17-34-22/h3-7,10,12,14-17,19H,11,13H2,1-2H3,(H2,31,38)(H,33,34)(H,36,41)/t19-/m0/s1. The molecule has 1 atom stereocenters. The quantitative estimate of drug-likeness (QED) is 0.263. The molecule has 5 aromatic heterocycles. The number of rotatable bonds is 6. The topological polar surface area (TPSA) is 162 Å². The summed E-state index contributed by atoms with van der Waals surface area (Å²) in [5.74, 6) is 6.15. The number of pyridine rings is 1. The van der Waals surface area contributed by atoms with Crippen LogP contribution in [-0.2, 0) is 13.0 Å². The van der Waals surface area contributed by atoms with Crippen LogP contribution in [0.5, 0.6) is 0 Å². The molecule has 12 heteroatoms. The molecule has 0 aliphatic rings. The third-order valence-electron chi connectivity index (χ3n) is 6.79. The van der Waals surface area contributed by atoms with Crippen molar-refractivity contribution < 1.29 is 4.79 Å². The molecule has 0 saturated carbocycles. The molecular weight excluding hydrogens is 532 g/mol. The van der Waals surface area contributed by atoms with E-state index in [0.717, 1.165) is 17.0 Å². The van der Waals surface area contributed by atoms with E-state index in [1.54, 1.807) is 72.9 Å². The van der Waals surface area contributed by atoms with Crippen molar-refractivity contribution in [2.75, 3.05) is 5.73 Å². The number of H-pyrrole nitrogens is 1. The molecule has 0 aliphatic heterocycles. The van der Waals surface area contributed by atoms with Crippen LogP contribution in [0.4, 0.5) is 5.82 Å². The molecule has 4 N–H and O–H groups in total. The summed E-state index contributed by atoms with van der Waals surface area (Å²) in [6.45, 7) is 3.88. The van der Waals surface area contributed by atoms with Crippen LogP contribution in [0.15, 0.2) is 72.3 Å². The van der Waals surface area contributed by atoms with Gasteiger partial charge in [0.1, 0.15) is 11.4 Å². The lowest BCUT2D eigenvalue weighted by Gasteiger charge is -2.20. The Morgan fingerprint density at radius 1 is 1.12 bits per heavy atom. The molecule has 42 heavy (non-hydrogen) atoms. The minimum Gasteiger partial charge on any atom is -0.381 e. The van der Waals surface area contributed by atoms with Crippen molar-refractivity contribution in [3.8, 4) is 11.8 Å². The minimum absolute atomic E-state index is 0.0535. The fourth-order valence-electron chi connectivity index (χ4n) is 4.75. The molecule has 1 aromatic carbocycles. The van der Waals surface area contributed by atoms with E-state index in [2.05, 4.69) is 42.2 Å². The van der Waals surface area contributed by atoms with Gasteiger partial charge < -0.3 is 16.0 Å². The van der Waals surface area contributed by atoms with Crippen LogP contribution in [0.2, 0.25) is 0 Å². The number of amides is 1. The Balaban J connectivity index is 1.42. The van der Waals surface area contributed by atoms with Gasteiger partial charge in [0.15, 0.2) is 11.5 Å². The number of hydrogen-bond donors (Lipinski definition) is 3. The fourth-order valence-corrected chi connectivity index (χ4v) is 4.75. The highest BCUT2D eigenvalue weighted by Gasteiger charge is 2.24. The van der Waals surface area contributed by atoms with Crippen molar-refractivity contribution in [2.24, 2.45) is 0 Å². The van der Waals surface area contributed by atoms with Gasteiger partial charge in [-0.3, -0.25) is 19.1 Å². The number of benzene rings is 1. The lowest BCUT2D eigenvalue weighted by Crippen LogP contribution is -2.34. The van der Waals surface area contributed by atoms with Gasteiger partial charge in [0.2, 0.25) is 0 Å². The Labute approximate surface area is 239 Å². The lowest BCUT2D eigenvalue weighted by atomic mass is 10.1. The molecule has 0 fully saturated rings. The Bertz CT molecular complexity index is 2050. The Hall–Kier alpha value is -5.83. The molecule has 6 rings (SSSR count). The Morgan fingerprint density at radius 2 is 2.00 bits per heavy atom. The fraction of sp³-hybridized carbons (Fsp3) is 0.167. The van der Waals surface area contributed by atoms with Crippen molar-refractivity contribution in [1.82, 2.24) is 44.4 Å². The van der Waals surface area contributed by atoms with Crippen LogP contribution >= 0.6 is 0 Å². The third-order valence-corrected chi connectivity index (χ3v) is 6.79. The average molecular weight is 559 g/mol. The highest BCUT2D eigenvalue weighted by molar-refractivity contribution is 6.04. The number of aromatic nitrogens is 8. The van der Waals surface area contributed by atoms with E-state index < -0.39 is 11.9 Å². The number of nitrogen functional groups attached to an aromatic ring is 1. The van der Waals surface area contributed by atoms with Gasteiger partial charge in [-0.2, -0.15) is 0 Å². The second-order valence-electron chi connectivity index (χ2n) is 9.74. The van der Waals surface area contributed by atoms with Gasteiger partial charge in [-0.05, 0) is 44.2 Å². The van der Waals surface area contributed by atoms with Gasteiger partial charge in [0, 0.05) is 60.3 Å². The molecule has 0 radical (unpaired) electrons. The van der Waals surface area contributed by atoms with Gasteiger partial charge in [0.25, 0.3) is 11.5 Å². The van der Waals surface area contributed by atoms with Gasteiger partial charge in [-0.15, -0.1) is 5.10 Å². The average Bonchev–Trinajstić information content (AvgIpc) is 3.62. The van der Waals surface area contributed by atoms with E-state index in [1.807, 2.05) is 13.0 Å². The van der Waals surface area contributed by atoms with Crippen molar-refractivity contribution in [3.05, 3.63) is 112 Å². The SMILES string of the molecule is Cc1ccn2nc(N)c(C(=O)N[C@@H](C)c3nc4cccc(C#Cc5cccnc5)c4c(=O)n3CCc3cnc[nH]3)c2n1. The molecule has 208 valence electrons. The van der Waals surface area contributed by atoms with E-state index in [9.17, 15) is 9.59 Å². The second kappa shape index (κ2) is 11.0. The molecule has 0 aliphatic carbocycles. The van der Waals surface area contributed by atoms with E-state index in [1.165, 1.54) is 4.52 Å². The highest BCUT2D eigenvalue weighted by atomic mass is 16.2. The molecule has 0 spiro atoms. The largest absolute Gasteiger partial charge is 0.381 e. The zero-order valence-corrected chi connectivity index (χ0v) is 22.9. The number of aryl methyl sites for hydroxylation is 2. The predicted molar refractivity (Wildman–Crippen MR) is 157 cm³/mol. The van der Waals surface area contributed by atoms with Gasteiger partial charge in [-0.25, -0.2) is 19.5 Å². The summed E-state index contributed by atoms with van der Waals surface area (Å²) < 4.78 is 3.04. The van der Waals surface area contributed by atoms with Crippen LogP contribution < -0.4 is 16.6 Å². The predicted octanol–water partition coefficient (Wildman–Crippen LogP) is 2.58. The molecule has 5 heterocycles. The molecule has 0 unspecified atom stereocenters. The summed E-state index contributed by atoms with van der Waals surface area (Å²) in [4.78, 5) is 48.1. The first-order valence-electron chi connectivity index (χ1n) is 13.2. The number of fused-ring (bicyclic) bond motifs is 2. The monoisotopic (exact) mass is 558 g/mol. The van der Waals surface area contributed by atoms with Crippen molar-refractivity contribution in [2.45, 2.75) is 32.9 Å². The second-order valence-corrected chi connectivity index (χ2v) is 9.74. The molecular formula is C30H26N10O2. The van der Waals surface area contributed by atoms with Crippen molar-refractivity contribution >= 4 is 28.3 Å². The van der Waals surface area contributed by atoms with Gasteiger partial charge in [-0.1, -0.05) is 17.9 Å². The van der Waals surface area contributed by atoms with Crippen molar-refractivity contribution in [1.29, 1.82) is 0 Å². The first-order chi connectivity index (χ1) is 20.4. The number of imidazole rings is 1. The summed E-state index contributed by atoms with van der Waals surface area (Å²) >= 11 is 0. The molecule has 6 aromatic rings. The zero-order chi connectivity index (χ0) is 29.2. The molecule has 1 amide bonds. The van der Waals surface area contributed by atoms with Crippen LogP contribution in [0.1, 0.15) is 51.7 Å². The first-order valence-corrected chi connectivity index (χ1v) is 13.2. The number of nitrogens with zero attached hydrogens (tertiary/aromatic N) is 7. The van der Waals surface area contributed by atoms with E-state index in [4.69, 9.17) is 10.7 Å². The summed E-state index contributed by atoms with van der Waals surface area (Å²) in [7, 11) is 0. The Kier molecular flexibility index (Phi) is 6.90. The maximum absolute atomic E-state index is 14.1. The number of anilines is 1. The highest BCUT2D eigenvalue weighted by Crippen LogP contribution is 2.21. The maximum Gasteiger partial charge on any atom is 0.262 e. The van der Waals surface area contributed by atoms with E-state index >= 15 is 0 Å². The number of hydrogen-bond acceptors (Lipinski definition) is 8. The van der Waals surface area contributed by atoms with Crippen LogP contribution in [0, 0.1) is 18.8 Å². The van der Waals surface area contributed by atoms with Crippen LogP contribution in [0.3, 0.4) is 0 Å². The van der Waals surface area contributed by atoms with Gasteiger partial charge >= 0.3 is 0 Å². The summed E-state index contributed by atoms with van der Waals surface area (Å²) in [5.41, 5.74) is 9.67. The lowest BCUT2D eigenvalue weighted by molar-refractivity contribution is 0.0939. The third kappa shape index (κ3) is 5.06. The van der Waals surface area contributed by atoms with Gasteiger partial charge in [0.05, 0.1) is 23.3 Å². The number of aromatic amines is 1. The van der Waals surface area contributed by atoms with Crippen LogP contribution in [-0.4, -0.2) is 45.0 Å². The summed E-state index contributed by atoms with van der Waals surface area (Å²) in [5, 5.41) is 7.55. The molecule has 0 saturated heterocycles. The Morgan fingerprint density at radius 3 is 2.79 bits per heavy atom. The summed E-state index contributed by atoms with van der Waals surface area (Å²) in [6, 6.07) is 10.1. The van der Waals surface area contributed by atoms with Crippen LogP contribution in [0.25, 0.3) is 16.6 Å². The normalized spacial score (nSPS) is 11.8. The number of carbonyl (C=O) groups excluding carboxylic acids is 1. The molecule has 0 bridgehead atoms. The number of nitrogens with one attached hydrogen (secondary N) is 2. The molecule has 12 nitrogen and oxygen atoms in total. The van der Waals surface area contributed by atoms with Crippen molar-refractivity contribution in [3.63, 3.8) is 0 Å². The zero-order valence-electron chi connectivity index (χ0n) is 22.9. The smallest absolute Gasteiger partial charge is 0.262 e. The number of nitrogens with two attached hydrogens (primary N) is 1. The van der Waals surface area contributed by atoms with E-state index in [0.29, 0.717) is 40.9 Å². The summed E-state index contributed by atoms with van der Waals surface area (Å²) in [6.07, 6.45) is 8.82. The first kappa shape index (κ1) is 26.4. The maximum atomic E-state index is 14.1. The number of carbonyl (C=O) groups is 1.